The number of hydrogen-bond donors (Lipinski definition) is 1. The van der Waals surface area contributed by atoms with Crippen LogP contribution in [0.5, 0.6) is 0 Å². The van der Waals surface area contributed by atoms with Crippen molar-refractivity contribution < 1.29 is 18.4 Å². The maximum Gasteiger partial charge on any atom is 0.335 e. The van der Waals surface area contributed by atoms with Gasteiger partial charge < -0.3 is 14.4 Å². The van der Waals surface area contributed by atoms with E-state index in [1.165, 1.54) is 0 Å². The zero-order valence-corrected chi connectivity index (χ0v) is 16.7. The predicted molar refractivity (Wildman–Crippen MR) is 103 cm³/mol. The van der Waals surface area contributed by atoms with Gasteiger partial charge in [0.2, 0.25) is 0 Å². The van der Waals surface area contributed by atoms with Crippen molar-refractivity contribution in [1.29, 1.82) is 0 Å². The van der Waals surface area contributed by atoms with E-state index in [0.29, 0.717) is 18.8 Å². The summed E-state index contributed by atoms with van der Waals surface area (Å²) in [6.07, 6.45) is 0.184. The Hall–Kier alpha value is -1.46. The van der Waals surface area contributed by atoms with Gasteiger partial charge in [-0.2, -0.15) is 0 Å². The van der Waals surface area contributed by atoms with Crippen LogP contribution in [0.25, 0.3) is 0 Å². The molecule has 7 heteroatoms. The molecule has 0 radical (unpaired) electrons. The maximum absolute atomic E-state index is 12.5. The molecule has 0 unspecified atom stereocenters. The van der Waals surface area contributed by atoms with E-state index in [4.69, 9.17) is 9.05 Å². The highest BCUT2D eigenvalue weighted by Gasteiger charge is 2.24. The van der Waals surface area contributed by atoms with Gasteiger partial charge >= 0.3 is 7.60 Å². The third kappa shape index (κ3) is 6.08. The molecule has 134 valence electrons. The van der Waals surface area contributed by atoms with Crippen molar-refractivity contribution in [3.63, 3.8) is 0 Å². The molecular formula is C18H21BrNO4P. The smallest absolute Gasteiger partial charge is 0.322 e. The van der Waals surface area contributed by atoms with Crippen LogP contribution >= 0.6 is 23.5 Å². The summed E-state index contributed by atoms with van der Waals surface area (Å²) in [4.78, 5) is 12.3. The number of carbonyl (C=O) groups is 1. The molecule has 2 aromatic rings. The van der Waals surface area contributed by atoms with Crippen molar-refractivity contribution >= 4 is 35.1 Å². The summed E-state index contributed by atoms with van der Waals surface area (Å²) in [7, 11) is -3.14. The molecule has 0 aromatic heterocycles. The standard InChI is InChI=1S/C18H21BrNO4P/c1-3-23-25(22,24-4-2)13-14-5-7-15(8-6-14)18(21)20-17-11-9-16(19)10-12-17/h5-12H,3-4,13H2,1-2H3,(H,20,21). The van der Waals surface area contributed by atoms with E-state index < -0.39 is 7.60 Å². The Balaban J connectivity index is 2.04. The summed E-state index contributed by atoms with van der Waals surface area (Å²) < 4.78 is 24.1. The second-order valence-corrected chi connectivity index (χ2v) is 8.23. The molecule has 0 bridgehead atoms. The first kappa shape index (κ1) is 19.9. The number of amides is 1. The van der Waals surface area contributed by atoms with Crippen LogP contribution < -0.4 is 5.32 Å². The fourth-order valence-electron chi connectivity index (χ4n) is 2.24. The van der Waals surface area contributed by atoms with Crippen molar-refractivity contribution in [3.05, 3.63) is 64.1 Å². The van der Waals surface area contributed by atoms with Gasteiger partial charge in [0.25, 0.3) is 5.91 Å². The van der Waals surface area contributed by atoms with E-state index >= 15 is 0 Å². The molecule has 0 atom stereocenters. The molecule has 0 heterocycles. The largest absolute Gasteiger partial charge is 0.335 e. The third-order valence-electron chi connectivity index (χ3n) is 3.35. The number of anilines is 1. The van der Waals surface area contributed by atoms with E-state index in [-0.39, 0.29) is 12.1 Å². The minimum Gasteiger partial charge on any atom is -0.322 e. The second kappa shape index (κ2) is 9.30. The topological polar surface area (TPSA) is 64.6 Å². The molecule has 2 rings (SSSR count). The lowest BCUT2D eigenvalue weighted by Gasteiger charge is -2.17. The normalized spacial score (nSPS) is 11.3. The molecule has 25 heavy (non-hydrogen) atoms. The average Bonchev–Trinajstić information content (AvgIpc) is 2.58. The lowest BCUT2D eigenvalue weighted by molar-refractivity contribution is 0.102. The van der Waals surface area contributed by atoms with Gasteiger partial charge in [-0.3, -0.25) is 9.36 Å². The van der Waals surface area contributed by atoms with Crippen LogP contribution in [0.2, 0.25) is 0 Å². The van der Waals surface area contributed by atoms with E-state index in [1.54, 1.807) is 38.1 Å². The fraction of sp³-hybridized carbons (Fsp3) is 0.278. The maximum atomic E-state index is 12.5. The van der Waals surface area contributed by atoms with Crippen molar-refractivity contribution in [2.24, 2.45) is 0 Å². The first-order valence-corrected chi connectivity index (χ1v) is 10.5. The number of rotatable bonds is 8. The van der Waals surface area contributed by atoms with Crippen LogP contribution in [0.15, 0.2) is 53.0 Å². The molecule has 0 aliphatic carbocycles. The second-order valence-electron chi connectivity index (χ2n) is 5.26. The van der Waals surface area contributed by atoms with E-state index in [9.17, 15) is 9.36 Å². The molecule has 0 fully saturated rings. The average molecular weight is 426 g/mol. The summed E-state index contributed by atoms with van der Waals surface area (Å²) in [6, 6.07) is 14.3. The van der Waals surface area contributed by atoms with Crippen LogP contribution in [0.3, 0.4) is 0 Å². The van der Waals surface area contributed by atoms with E-state index in [0.717, 1.165) is 15.7 Å². The van der Waals surface area contributed by atoms with Crippen LogP contribution in [-0.4, -0.2) is 19.1 Å². The van der Waals surface area contributed by atoms with Crippen LogP contribution in [0.1, 0.15) is 29.8 Å². The van der Waals surface area contributed by atoms with Gasteiger partial charge in [-0.15, -0.1) is 0 Å². The SMILES string of the molecule is CCOP(=O)(Cc1ccc(C(=O)Nc2ccc(Br)cc2)cc1)OCC. The minimum atomic E-state index is -3.14. The quantitative estimate of drug-likeness (QED) is 0.569. The number of halogens is 1. The molecular weight excluding hydrogens is 405 g/mol. The number of carbonyl (C=O) groups excluding carboxylic acids is 1. The Kier molecular flexibility index (Phi) is 7.38. The van der Waals surface area contributed by atoms with Gasteiger partial charge in [-0.05, 0) is 55.8 Å². The van der Waals surface area contributed by atoms with Crippen LogP contribution in [0.4, 0.5) is 5.69 Å². The van der Waals surface area contributed by atoms with E-state index in [2.05, 4.69) is 21.2 Å². The zero-order valence-electron chi connectivity index (χ0n) is 14.2. The van der Waals surface area contributed by atoms with Crippen molar-refractivity contribution in [3.8, 4) is 0 Å². The first-order valence-electron chi connectivity index (χ1n) is 7.99. The molecule has 0 saturated heterocycles. The van der Waals surface area contributed by atoms with E-state index in [1.807, 2.05) is 24.3 Å². The number of hydrogen-bond acceptors (Lipinski definition) is 4. The molecule has 2 aromatic carbocycles. The highest BCUT2D eigenvalue weighted by molar-refractivity contribution is 9.10. The summed E-state index contributed by atoms with van der Waals surface area (Å²) in [5.74, 6) is -0.202. The Morgan fingerprint density at radius 3 is 2.08 bits per heavy atom. The summed E-state index contributed by atoms with van der Waals surface area (Å²) in [5, 5.41) is 2.83. The zero-order chi connectivity index (χ0) is 18.3. The van der Waals surface area contributed by atoms with Gasteiger partial charge in [-0.1, -0.05) is 28.1 Å². The van der Waals surface area contributed by atoms with Gasteiger partial charge in [0.05, 0.1) is 19.4 Å². The van der Waals surface area contributed by atoms with Crippen molar-refractivity contribution in [1.82, 2.24) is 0 Å². The highest BCUT2D eigenvalue weighted by Crippen LogP contribution is 2.51. The van der Waals surface area contributed by atoms with Gasteiger partial charge in [0.15, 0.2) is 0 Å². The number of benzene rings is 2. The minimum absolute atomic E-state index is 0.184. The van der Waals surface area contributed by atoms with Gasteiger partial charge in [0.1, 0.15) is 0 Å². The van der Waals surface area contributed by atoms with Gasteiger partial charge in [0, 0.05) is 15.7 Å². The third-order valence-corrected chi connectivity index (χ3v) is 5.93. The predicted octanol–water partition coefficient (Wildman–Crippen LogP) is 5.47. The molecule has 0 spiro atoms. The van der Waals surface area contributed by atoms with Gasteiger partial charge in [-0.25, -0.2) is 0 Å². The van der Waals surface area contributed by atoms with Crippen LogP contribution in [0, 0.1) is 0 Å². The summed E-state index contributed by atoms with van der Waals surface area (Å²) >= 11 is 3.35. The molecule has 5 nitrogen and oxygen atoms in total. The lowest BCUT2D eigenvalue weighted by atomic mass is 10.1. The fourth-order valence-corrected chi connectivity index (χ4v) is 4.21. The first-order chi connectivity index (χ1) is 12.0. The molecule has 0 aliphatic heterocycles. The Morgan fingerprint density at radius 1 is 1.00 bits per heavy atom. The Labute approximate surface area is 156 Å². The monoisotopic (exact) mass is 425 g/mol. The molecule has 0 saturated carbocycles. The number of nitrogens with one attached hydrogen (secondary N) is 1. The Bertz CT molecular complexity index is 737. The lowest BCUT2D eigenvalue weighted by Crippen LogP contribution is -2.11. The summed E-state index contributed by atoms with van der Waals surface area (Å²) in [6.45, 7) is 4.21. The van der Waals surface area contributed by atoms with Crippen LogP contribution in [-0.2, 0) is 19.8 Å². The van der Waals surface area contributed by atoms with Crippen molar-refractivity contribution in [2.75, 3.05) is 18.5 Å². The molecule has 1 amide bonds. The van der Waals surface area contributed by atoms with Crippen molar-refractivity contribution in [2.45, 2.75) is 20.0 Å². The Morgan fingerprint density at radius 2 is 1.56 bits per heavy atom. The summed E-state index contributed by atoms with van der Waals surface area (Å²) in [5.41, 5.74) is 2.04. The molecule has 1 N–H and O–H groups in total. The highest BCUT2D eigenvalue weighted by atomic mass is 79.9. The molecule has 0 aliphatic rings.